The monoisotopic (exact) mass is 243 g/mol. The minimum atomic E-state index is -0.509. The average Bonchev–Trinajstić information content (AvgIpc) is 2.35. The van der Waals surface area contributed by atoms with Gasteiger partial charge < -0.3 is 16.2 Å². The van der Waals surface area contributed by atoms with Gasteiger partial charge in [0, 0.05) is 11.8 Å². The fourth-order valence-electron chi connectivity index (χ4n) is 1.45. The summed E-state index contributed by atoms with van der Waals surface area (Å²) in [6.45, 7) is 1.86. The van der Waals surface area contributed by atoms with Crippen LogP contribution in [0, 0.1) is 6.92 Å². The first-order chi connectivity index (χ1) is 8.58. The van der Waals surface area contributed by atoms with Gasteiger partial charge in [0.15, 0.2) is 0 Å². The fourth-order valence-corrected chi connectivity index (χ4v) is 1.45. The lowest BCUT2D eigenvalue weighted by Crippen LogP contribution is -2.10. The molecule has 0 unspecified atom stereocenters. The number of carbonyl (C=O) groups is 1. The number of anilines is 1. The van der Waals surface area contributed by atoms with Crippen LogP contribution in [0.15, 0.2) is 36.5 Å². The molecule has 0 aliphatic rings. The number of nitrogen functional groups attached to an aromatic ring is 1. The molecule has 0 aliphatic carbocycles. The summed E-state index contributed by atoms with van der Waals surface area (Å²) in [5.41, 5.74) is 12.8. The van der Waals surface area contributed by atoms with Gasteiger partial charge in [0.25, 0.3) is 0 Å². The maximum Gasteiger partial charge on any atom is 0.248 e. The number of nitrogens with zero attached hydrogens (tertiary/aromatic N) is 1. The maximum atomic E-state index is 11.1. The Balaban J connectivity index is 2.31. The largest absolute Gasteiger partial charge is 0.437 e. The Kier molecular flexibility index (Phi) is 3.14. The van der Waals surface area contributed by atoms with E-state index in [1.807, 2.05) is 6.92 Å². The van der Waals surface area contributed by atoms with E-state index < -0.39 is 5.91 Å². The summed E-state index contributed by atoms with van der Waals surface area (Å²) in [7, 11) is 0. The predicted molar refractivity (Wildman–Crippen MR) is 68.4 cm³/mol. The van der Waals surface area contributed by atoms with Crippen LogP contribution in [0.2, 0.25) is 0 Å². The second-order valence-corrected chi connectivity index (χ2v) is 3.84. The van der Waals surface area contributed by atoms with Crippen molar-refractivity contribution in [2.75, 3.05) is 5.73 Å². The van der Waals surface area contributed by atoms with Crippen molar-refractivity contribution in [3.8, 4) is 11.6 Å². The number of nitrogens with two attached hydrogens (primary N) is 2. The number of rotatable bonds is 3. The van der Waals surface area contributed by atoms with E-state index in [4.69, 9.17) is 16.2 Å². The molecule has 4 N–H and O–H groups in total. The zero-order chi connectivity index (χ0) is 13.1. The Morgan fingerprint density at radius 3 is 2.83 bits per heavy atom. The second kappa shape index (κ2) is 4.75. The highest BCUT2D eigenvalue weighted by molar-refractivity contribution is 5.93. The van der Waals surface area contributed by atoms with E-state index in [0.29, 0.717) is 22.9 Å². The van der Waals surface area contributed by atoms with Gasteiger partial charge >= 0.3 is 0 Å². The number of hydrogen-bond donors (Lipinski definition) is 2. The molecule has 0 radical (unpaired) electrons. The van der Waals surface area contributed by atoms with Crippen LogP contribution in [-0.4, -0.2) is 10.9 Å². The van der Waals surface area contributed by atoms with Gasteiger partial charge in [0.2, 0.25) is 11.8 Å². The third-order valence-corrected chi connectivity index (χ3v) is 2.50. The van der Waals surface area contributed by atoms with E-state index in [1.165, 1.54) is 0 Å². The van der Waals surface area contributed by atoms with Crippen LogP contribution in [0.5, 0.6) is 11.6 Å². The number of ether oxygens (including phenoxy) is 1. The van der Waals surface area contributed by atoms with Gasteiger partial charge in [-0.2, -0.15) is 0 Å². The lowest BCUT2D eigenvalue weighted by molar-refractivity contribution is 0.1000. The van der Waals surface area contributed by atoms with Crippen molar-refractivity contribution in [3.05, 3.63) is 47.7 Å². The number of amides is 1. The second-order valence-electron chi connectivity index (χ2n) is 3.84. The van der Waals surface area contributed by atoms with Gasteiger partial charge in [-0.25, -0.2) is 4.98 Å². The minimum absolute atomic E-state index is 0.316. The molecule has 0 saturated carbocycles. The molecular weight excluding hydrogens is 230 g/mol. The number of primary amides is 1. The summed E-state index contributed by atoms with van der Waals surface area (Å²) in [5.74, 6) is 0.276. The lowest BCUT2D eigenvalue weighted by Gasteiger charge is -2.09. The number of carbonyl (C=O) groups excluding carboxylic acids is 1. The Hall–Kier alpha value is -2.56. The summed E-state index contributed by atoms with van der Waals surface area (Å²) >= 11 is 0. The van der Waals surface area contributed by atoms with E-state index in [-0.39, 0.29) is 0 Å². The van der Waals surface area contributed by atoms with E-state index in [1.54, 1.807) is 36.5 Å². The van der Waals surface area contributed by atoms with Crippen molar-refractivity contribution in [1.29, 1.82) is 0 Å². The number of aryl methyl sites for hydroxylation is 1. The third-order valence-electron chi connectivity index (χ3n) is 2.50. The molecule has 0 aliphatic heterocycles. The Morgan fingerprint density at radius 1 is 1.33 bits per heavy atom. The maximum absolute atomic E-state index is 11.1. The normalized spacial score (nSPS) is 10.1. The molecule has 2 rings (SSSR count). The smallest absolute Gasteiger partial charge is 0.248 e. The molecule has 0 saturated heterocycles. The molecule has 5 nitrogen and oxygen atoms in total. The van der Waals surface area contributed by atoms with Crippen LogP contribution in [0.25, 0.3) is 0 Å². The van der Waals surface area contributed by atoms with E-state index in [9.17, 15) is 4.79 Å². The summed E-state index contributed by atoms with van der Waals surface area (Å²) < 4.78 is 5.54. The topological polar surface area (TPSA) is 91.2 Å². The van der Waals surface area contributed by atoms with Crippen molar-refractivity contribution in [2.24, 2.45) is 5.73 Å². The Bertz CT molecular complexity index is 597. The van der Waals surface area contributed by atoms with Crippen LogP contribution in [0.3, 0.4) is 0 Å². The standard InChI is InChI=1S/C13H13N3O2/c1-8-5-6-16-13(11(8)14)18-10-4-2-3-9(7-10)12(15)17/h2-7H,14H2,1H3,(H2,15,17). The average molecular weight is 243 g/mol. The number of pyridine rings is 1. The van der Waals surface area contributed by atoms with E-state index in [0.717, 1.165) is 5.56 Å². The van der Waals surface area contributed by atoms with Gasteiger partial charge in [-0.15, -0.1) is 0 Å². The van der Waals surface area contributed by atoms with Crippen molar-refractivity contribution in [2.45, 2.75) is 6.92 Å². The SMILES string of the molecule is Cc1ccnc(Oc2cccc(C(N)=O)c2)c1N. The highest BCUT2D eigenvalue weighted by Gasteiger charge is 2.07. The van der Waals surface area contributed by atoms with Crippen molar-refractivity contribution in [3.63, 3.8) is 0 Å². The van der Waals surface area contributed by atoms with Crippen LogP contribution >= 0.6 is 0 Å². The van der Waals surface area contributed by atoms with Gasteiger partial charge in [-0.1, -0.05) is 6.07 Å². The molecule has 5 heteroatoms. The molecule has 92 valence electrons. The molecule has 2 aromatic rings. The van der Waals surface area contributed by atoms with Crippen LogP contribution in [0.1, 0.15) is 15.9 Å². The highest BCUT2D eigenvalue weighted by atomic mass is 16.5. The molecule has 1 amide bonds. The Labute approximate surface area is 104 Å². The lowest BCUT2D eigenvalue weighted by atomic mass is 10.2. The molecule has 1 aromatic heterocycles. The Morgan fingerprint density at radius 2 is 2.11 bits per heavy atom. The van der Waals surface area contributed by atoms with Crippen molar-refractivity contribution in [1.82, 2.24) is 4.98 Å². The molecular formula is C13H13N3O2. The summed E-state index contributed by atoms with van der Waals surface area (Å²) in [5, 5.41) is 0. The van der Waals surface area contributed by atoms with Crippen LogP contribution in [-0.2, 0) is 0 Å². The van der Waals surface area contributed by atoms with Crippen molar-refractivity contribution >= 4 is 11.6 Å². The van der Waals surface area contributed by atoms with Crippen molar-refractivity contribution < 1.29 is 9.53 Å². The summed E-state index contributed by atoms with van der Waals surface area (Å²) in [4.78, 5) is 15.1. The zero-order valence-electron chi connectivity index (χ0n) is 9.88. The highest BCUT2D eigenvalue weighted by Crippen LogP contribution is 2.27. The minimum Gasteiger partial charge on any atom is -0.437 e. The molecule has 0 atom stereocenters. The molecule has 0 spiro atoms. The summed E-state index contributed by atoms with van der Waals surface area (Å²) in [6.07, 6.45) is 1.61. The zero-order valence-corrected chi connectivity index (χ0v) is 9.88. The molecule has 0 fully saturated rings. The first-order valence-electron chi connectivity index (χ1n) is 5.36. The molecule has 1 heterocycles. The van der Waals surface area contributed by atoms with Gasteiger partial charge in [-0.05, 0) is 36.8 Å². The van der Waals surface area contributed by atoms with Gasteiger partial charge in [0.1, 0.15) is 5.75 Å². The number of benzene rings is 1. The first-order valence-corrected chi connectivity index (χ1v) is 5.36. The summed E-state index contributed by atoms with van der Waals surface area (Å²) in [6, 6.07) is 8.34. The first kappa shape index (κ1) is 11.9. The fraction of sp³-hybridized carbons (Fsp3) is 0.0769. The van der Waals surface area contributed by atoms with E-state index >= 15 is 0 Å². The van der Waals surface area contributed by atoms with Gasteiger partial charge in [-0.3, -0.25) is 4.79 Å². The van der Waals surface area contributed by atoms with Crippen LogP contribution in [0.4, 0.5) is 5.69 Å². The number of hydrogen-bond acceptors (Lipinski definition) is 4. The molecule has 1 aromatic carbocycles. The van der Waals surface area contributed by atoms with Gasteiger partial charge in [0.05, 0.1) is 5.69 Å². The molecule has 18 heavy (non-hydrogen) atoms. The molecule has 0 bridgehead atoms. The predicted octanol–water partition coefficient (Wildman–Crippen LogP) is 1.86. The van der Waals surface area contributed by atoms with Crippen LogP contribution < -0.4 is 16.2 Å². The third kappa shape index (κ3) is 2.40. The van der Waals surface area contributed by atoms with E-state index in [2.05, 4.69) is 4.98 Å². The number of aromatic nitrogens is 1. The quantitative estimate of drug-likeness (QED) is 0.860.